The van der Waals surface area contributed by atoms with Crippen molar-refractivity contribution >= 4 is 17.7 Å². The van der Waals surface area contributed by atoms with Crippen molar-refractivity contribution in [3.05, 3.63) is 35.9 Å². The van der Waals surface area contributed by atoms with Gasteiger partial charge in [0, 0.05) is 0 Å². The standard InChI is InChI=1S/C14H19N5OS/c1-10(2)19-14(16-17-18-19)21-9-13(20)15-11(3)12-7-5-4-6-8-12/h4-8,10-11H,9H2,1-3H3,(H,15,20). The highest BCUT2D eigenvalue weighted by atomic mass is 32.2. The third kappa shape index (κ3) is 4.29. The van der Waals surface area contributed by atoms with E-state index in [9.17, 15) is 4.79 Å². The molecule has 0 aliphatic rings. The molecular formula is C14H19N5OS. The Kier molecular flexibility index (Phi) is 5.32. The molecule has 1 aromatic heterocycles. The highest BCUT2D eigenvalue weighted by Gasteiger charge is 2.13. The zero-order valence-electron chi connectivity index (χ0n) is 12.4. The van der Waals surface area contributed by atoms with Crippen LogP contribution in [0.5, 0.6) is 0 Å². The van der Waals surface area contributed by atoms with Gasteiger partial charge in [0.05, 0.1) is 17.8 Å². The Morgan fingerprint density at radius 2 is 2.00 bits per heavy atom. The molecule has 0 aliphatic carbocycles. The van der Waals surface area contributed by atoms with Crippen LogP contribution >= 0.6 is 11.8 Å². The van der Waals surface area contributed by atoms with Crippen LogP contribution in [0.1, 0.15) is 38.4 Å². The predicted molar refractivity (Wildman–Crippen MR) is 81.9 cm³/mol. The lowest BCUT2D eigenvalue weighted by atomic mass is 10.1. The maximum Gasteiger partial charge on any atom is 0.230 e. The number of thioether (sulfide) groups is 1. The maximum absolute atomic E-state index is 12.0. The highest BCUT2D eigenvalue weighted by molar-refractivity contribution is 7.99. The molecule has 0 bridgehead atoms. The van der Waals surface area contributed by atoms with Crippen LogP contribution in [0.3, 0.4) is 0 Å². The highest BCUT2D eigenvalue weighted by Crippen LogP contribution is 2.17. The van der Waals surface area contributed by atoms with Crippen LogP contribution in [0.4, 0.5) is 0 Å². The lowest BCUT2D eigenvalue weighted by molar-refractivity contribution is -0.119. The molecule has 1 N–H and O–H groups in total. The van der Waals surface area contributed by atoms with Gasteiger partial charge in [0.2, 0.25) is 11.1 Å². The SMILES string of the molecule is CC(NC(=O)CSc1nnnn1C(C)C)c1ccccc1. The Balaban J connectivity index is 1.86. The number of carbonyl (C=O) groups excluding carboxylic acids is 1. The number of carbonyl (C=O) groups is 1. The van der Waals surface area contributed by atoms with E-state index in [-0.39, 0.29) is 18.0 Å². The number of rotatable bonds is 6. The summed E-state index contributed by atoms with van der Waals surface area (Å²) < 4.78 is 1.71. The number of hydrogen-bond donors (Lipinski definition) is 1. The van der Waals surface area contributed by atoms with E-state index in [1.54, 1.807) is 4.68 Å². The van der Waals surface area contributed by atoms with Crippen molar-refractivity contribution in [2.45, 2.75) is 38.0 Å². The van der Waals surface area contributed by atoms with E-state index in [0.29, 0.717) is 10.9 Å². The third-order valence-electron chi connectivity index (χ3n) is 2.96. The summed E-state index contributed by atoms with van der Waals surface area (Å²) >= 11 is 1.34. The Bertz CT molecular complexity index is 584. The summed E-state index contributed by atoms with van der Waals surface area (Å²) in [5.41, 5.74) is 1.09. The van der Waals surface area contributed by atoms with E-state index in [0.717, 1.165) is 5.56 Å². The molecule has 1 unspecified atom stereocenters. The number of nitrogens with zero attached hydrogens (tertiary/aromatic N) is 4. The van der Waals surface area contributed by atoms with Crippen molar-refractivity contribution in [2.24, 2.45) is 0 Å². The molecule has 6 nitrogen and oxygen atoms in total. The second kappa shape index (κ2) is 7.21. The van der Waals surface area contributed by atoms with Gasteiger partial charge in [0.15, 0.2) is 0 Å². The van der Waals surface area contributed by atoms with E-state index in [1.165, 1.54) is 11.8 Å². The molecule has 21 heavy (non-hydrogen) atoms. The number of tetrazole rings is 1. The molecule has 0 radical (unpaired) electrons. The topological polar surface area (TPSA) is 72.7 Å². The molecule has 0 aliphatic heterocycles. The fourth-order valence-corrected chi connectivity index (χ4v) is 2.66. The summed E-state index contributed by atoms with van der Waals surface area (Å²) in [6, 6.07) is 10.0. The van der Waals surface area contributed by atoms with Gasteiger partial charge in [0.1, 0.15) is 0 Å². The second-order valence-electron chi connectivity index (χ2n) is 4.99. The minimum Gasteiger partial charge on any atom is -0.349 e. The fourth-order valence-electron chi connectivity index (χ4n) is 1.84. The van der Waals surface area contributed by atoms with E-state index < -0.39 is 0 Å². The molecule has 0 saturated carbocycles. The molecule has 7 heteroatoms. The van der Waals surface area contributed by atoms with E-state index >= 15 is 0 Å². The van der Waals surface area contributed by atoms with Crippen LogP contribution < -0.4 is 5.32 Å². The largest absolute Gasteiger partial charge is 0.349 e. The summed E-state index contributed by atoms with van der Waals surface area (Å²) in [4.78, 5) is 12.0. The van der Waals surface area contributed by atoms with Crippen molar-refractivity contribution in [3.8, 4) is 0 Å². The molecular weight excluding hydrogens is 286 g/mol. The third-order valence-corrected chi connectivity index (χ3v) is 3.89. The predicted octanol–water partition coefficient (Wildman–Crippen LogP) is 2.22. The number of amides is 1. The fraction of sp³-hybridized carbons (Fsp3) is 0.429. The van der Waals surface area contributed by atoms with Crippen molar-refractivity contribution in [3.63, 3.8) is 0 Å². The van der Waals surface area contributed by atoms with Crippen molar-refractivity contribution in [1.82, 2.24) is 25.5 Å². The van der Waals surface area contributed by atoms with Gasteiger partial charge in [-0.1, -0.05) is 42.1 Å². The average molecular weight is 305 g/mol. The van der Waals surface area contributed by atoms with Crippen LogP contribution in [0, 0.1) is 0 Å². The number of benzene rings is 1. The van der Waals surface area contributed by atoms with E-state index in [1.807, 2.05) is 51.1 Å². The van der Waals surface area contributed by atoms with Gasteiger partial charge in [-0.05, 0) is 36.8 Å². The van der Waals surface area contributed by atoms with Crippen molar-refractivity contribution in [2.75, 3.05) is 5.75 Å². The van der Waals surface area contributed by atoms with Gasteiger partial charge in [-0.15, -0.1) is 5.10 Å². The number of aromatic nitrogens is 4. The summed E-state index contributed by atoms with van der Waals surface area (Å²) in [6.07, 6.45) is 0. The summed E-state index contributed by atoms with van der Waals surface area (Å²) in [5.74, 6) is 0.263. The van der Waals surface area contributed by atoms with Crippen LogP contribution in [0.2, 0.25) is 0 Å². The van der Waals surface area contributed by atoms with Crippen LogP contribution in [0.15, 0.2) is 35.5 Å². The lowest BCUT2D eigenvalue weighted by Gasteiger charge is -2.14. The quantitative estimate of drug-likeness (QED) is 0.829. The number of nitrogens with one attached hydrogen (secondary N) is 1. The van der Waals surface area contributed by atoms with Gasteiger partial charge >= 0.3 is 0 Å². The first-order valence-corrected chi connectivity index (χ1v) is 7.81. The van der Waals surface area contributed by atoms with E-state index in [2.05, 4.69) is 20.8 Å². The molecule has 112 valence electrons. The molecule has 1 heterocycles. The van der Waals surface area contributed by atoms with Crippen molar-refractivity contribution in [1.29, 1.82) is 0 Å². The smallest absolute Gasteiger partial charge is 0.230 e. The Morgan fingerprint density at radius 1 is 1.29 bits per heavy atom. The summed E-state index contributed by atoms with van der Waals surface area (Å²) in [6.45, 7) is 5.96. The van der Waals surface area contributed by atoms with Crippen molar-refractivity contribution < 1.29 is 4.79 Å². The van der Waals surface area contributed by atoms with Crippen LogP contribution in [0.25, 0.3) is 0 Å². The second-order valence-corrected chi connectivity index (χ2v) is 5.93. The maximum atomic E-state index is 12.0. The van der Waals surface area contributed by atoms with Gasteiger partial charge < -0.3 is 5.32 Å². The van der Waals surface area contributed by atoms with Crippen LogP contribution in [-0.4, -0.2) is 31.9 Å². The van der Waals surface area contributed by atoms with Crippen LogP contribution in [-0.2, 0) is 4.79 Å². The summed E-state index contributed by atoms with van der Waals surface area (Å²) in [7, 11) is 0. The average Bonchev–Trinajstić information content (AvgIpc) is 2.94. The van der Waals surface area contributed by atoms with Gasteiger partial charge in [-0.2, -0.15) is 0 Å². The van der Waals surface area contributed by atoms with Gasteiger partial charge in [-0.25, -0.2) is 4.68 Å². The molecule has 2 aromatic rings. The normalized spacial score (nSPS) is 12.4. The minimum absolute atomic E-state index is 0.0135. The molecule has 1 amide bonds. The van der Waals surface area contributed by atoms with Gasteiger partial charge in [-0.3, -0.25) is 4.79 Å². The number of hydrogen-bond acceptors (Lipinski definition) is 5. The van der Waals surface area contributed by atoms with Gasteiger partial charge in [0.25, 0.3) is 0 Å². The zero-order valence-corrected chi connectivity index (χ0v) is 13.2. The Hall–Kier alpha value is -1.89. The van der Waals surface area contributed by atoms with E-state index in [4.69, 9.17) is 0 Å². The zero-order chi connectivity index (χ0) is 15.2. The first kappa shape index (κ1) is 15.5. The Labute approximate surface area is 128 Å². The Morgan fingerprint density at radius 3 is 2.67 bits per heavy atom. The lowest BCUT2D eigenvalue weighted by Crippen LogP contribution is -2.28. The summed E-state index contributed by atoms with van der Waals surface area (Å²) in [5, 5.41) is 15.1. The monoisotopic (exact) mass is 305 g/mol. The minimum atomic E-state index is -0.0327. The first-order valence-electron chi connectivity index (χ1n) is 6.83. The molecule has 0 spiro atoms. The molecule has 1 atom stereocenters. The molecule has 2 rings (SSSR count). The molecule has 0 fully saturated rings. The first-order chi connectivity index (χ1) is 10.1. The molecule has 0 saturated heterocycles. The molecule has 1 aromatic carbocycles.